The molecule has 116 valence electrons. The molecule has 1 fully saturated rings. The first-order valence-corrected chi connectivity index (χ1v) is 8.10. The second kappa shape index (κ2) is 6.63. The molecule has 0 bridgehead atoms. The Hall–Kier alpha value is -2.65. The largest absolute Gasteiger partial charge is 0.497 e. The van der Waals surface area contributed by atoms with E-state index in [2.05, 4.69) is 10.3 Å². The monoisotopic (exact) mass is 325 g/mol. The Balaban J connectivity index is 1.74. The number of anilines is 1. The van der Waals surface area contributed by atoms with Gasteiger partial charge in [-0.05, 0) is 31.1 Å². The van der Waals surface area contributed by atoms with Gasteiger partial charge in [0.25, 0.3) is 5.91 Å². The number of nitrogens with zero attached hydrogens (tertiary/aromatic N) is 2. The summed E-state index contributed by atoms with van der Waals surface area (Å²) in [6.07, 6.45) is 3.88. The molecule has 1 N–H and O–H groups in total. The number of carbonyl (C=O) groups excluding carboxylic acids is 1. The van der Waals surface area contributed by atoms with Gasteiger partial charge < -0.3 is 10.1 Å². The highest BCUT2D eigenvalue weighted by atomic mass is 32.1. The van der Waals surface area contributed by atoms with Gasteiger partial charge in [0.05, 0.1) is 17.8 Å². The third-order valence-electron chi connectivity index (χ3n) is 3.45. The fourth-order valence-electron chi connectivity index (χ4n) is 2.08. The van der Waals surface area contributed by atoms with Crippen LogP contribution in [0.25, 0.3) is 6.08 Å². The first-order chi connectivity index (χ1) is 11.2. The van der Waals surface area contributed by atoms with Crippen LogP contribution in [0.5, 0.6) is 5.75 Å². The summed E-state index contributed by atoms with van der Waals surface area (Å²) in [6, 6.07) is 8.92. The van der Waals surface area contributed by atoms with Crippen molar-refractivity contribution < 1.29 is 9.53 Å². The highest BCUT2D eigenvalue weighted by molar-refractivity contribution is 7.09. The molecule has 2 aromatic rings. The lowest BCUT2D eigenvalue weighted by Crippen LogP contribution is -2.13. The molecular weight excluding hydrogens is 310 g/mol. The summed E-state index contributed by atoms with van der Waals surface area (Å²) in [6.45, 7) is 0. The van der Waals surface area contributed by atoms with Crippen LogP contribution in [-0.2, 0) is 4.79 Å². The number of nitrogens with one attached hydrogen (secondary N) is 1. The molecule has 0 atom stereocenters. The van der Waals surface area contributed by atoms with Crippen LogP contribution < -0.4 is 10.1 Å². The van der Waals surface area contributed by atoms with E-state index in [0.717, 1.165) is 5.01 Å². The smallest absolute Gasteiger partial charge is 0.266 e. The number of thiazole rings is 1. The van der Waals surface area contributed by atoms with Crippen molar-refractivity contribution in [1.29, 1.82) is 5.26 Å². The number of ether oxygens (including phenoxy) is 1. The molecule has 1 aliphatic rings. The molecule has 1 amide bonds. The maximum atomic E-state index is 12.2. The molecule has 0 aliphatic heterocycles. The zero-order chi connectivity index (χ0) is 16.2. The Labute approximate surface area is 138 Å². The summed E-state index contributed by atoms with van der Waals surface area (Å²) in [5, 5.41) is 14.9. The summed E-state index contributed by atoms with van der Waals surface area (Å²) >= 11 is 1.58. The third-order valence-corrected chi connectivity index (χ3v) is 4.48. The van der Waals surface area contributed by atoms with E-state index in [0.29, 0.717) is 23.0 Å². The molecule has 1 aliphatic carbocycles. The molecule has 1 aromatic heterocycles. The molecule has 0 unspecified atom stereocenters. The minimum absolute atomic E-state index is 0.0282. The van der Waals surface area contributed by atoms with Gasteiger partial charge in [-0.25, -0.2) is 4.98 Å². The lowest BCUT2D eigenvalue weighted by Gasteiger charge is -2.06. The van der Waals surface area contributed by atoms with Crippen LogP contribution in [0.3, 0.4) is 0 Å². The van der Waals surface area contributed by atoms with Gasteiger partial charge >= 0.3 is 0 Å². The van der Waals surface area contributed by atoms with Gasteiger partial charge in [0.1, 0.15) is 17.4 Å². The average Bonchev–Trinajstić information content (AvgIpc) is 3.32. The molecule has 5 nitrogen and oxygen atoms in total. The molecule has 0 radical (unpaired) electrons. The lowest BCUT2D eigenvalue weighted by atomic mass is 10.2. The highest BCUT2D eigenvalue weighted by Gasteiger charge is 2.26. The Morgan fingerprint density at radius 3 is 3.04 bits per heavy atom. The topological polar surface area (TPSA) is 75.0 Å². The Morgan fingerprint density at radius 2 is 2.35 bits per heavy atom. The van der Waals surface area contributed by atoms with E-state index in [4.69, 9.17) is 4.74 Å². The number of amides is 1. The maximum absolute atomic E-state index is 12.2. The fraction of sp³-hybridized carbons (Fsp3) is 0.235. The molecule has 1 heterocycles. The first kappa shape index (κ1) is 15.3. The Kier molecular flexibility index (Phi) is 4.40. The fourth-order valence-corrected chi connectivity index (χ4v) is 3.03. The van der Waals surface area contributed by atoms with Gasteiger partial charge in [-0.3, -0.25) is 4.79 Å². The van der Waals surface area contributed by atoms with Crippen LogP contribution >= 0.6 is 11.3 Å². The van der Waals surface area contributed by atoms with Gasteiger partial charge in [-0.2, -0.15) is 5.26 Å². The van der Waals surface area contributed by atoms with E-state index in [-0.39, 0.29) is 5.57 Å². The minimum atomic E-state index is -0.457. The van der Waals surface area contributed by atoms with Crippen LogP contribution in [0, 0.1) is 11.3 Å². The summed E-state index contributed by atoms with van der Waals surface area (Å²) in [5.41, 5.74) is 1.27. The Morgan fingerprint density at radius 1 is 1.52 bits per heavy atom. The highest BCUT2D eigenvalue weighted by Crippen LogP contribution is 2.41. The van der Waals surface area contributed by atoms with Gasteiger partial charge in [0, 0.05) is 23.1 Å². The number of carbonyl (C=O) groups is 1. The van der Waals surface area contributed by atoms with E-state index >= 15 is 0 Å². The van der Waals surface area contributed by atoms with Crippen molar-refractivity contribution in [1.82, 2.24) is 4.98 Å². The van der Waals surface area contributed by atoms with Crippen LogP contribution in [0.4, 0.5) is 5.69 Å². The van der Waals surface area contributed by atoms with Gasteiger partial charge in [-0.1, -0.05) is 6.07 Å². The van der Waals surface area contributed by atoms with E-state index in [1.165, 1.54) is 18.9 Å². The number of benzene rings is 1. The molecule has 6 heteroatoms. The second-order valence-electron chi connectivity index (χ2n) is 5.24. The SMILES string of the molecule is COc1cccc(NC(=O)C(C#N)=Cc2csc(C3CC3)n2)c1. The van der Waals surface area contributed by atoms with Crippen molar-refractivity contribution in [2.24, 2.45) is 0 Å². The van der Waals surface area contributed by atoms with Crippen molar-refractivity contribution in [3.8, 4) is 11.8 Å². The van der Waals surface area contributed by atoms with Crippen molar-refractivity contribution >= 4 is 29.0 Å². The minimum Gasteiger partial charge on any atom is -0.497 e. The quantitative estimate of drug-likeness (QED) is 0.673. The van der Waals surface area contributed by atoms with E-state index in [9.17, 15) is 10.1 Å². The number of hydrogen-bond acceptors (Lipinski definition) is 5. The number of nitriles is 1. The number of aromatic nitrogens is 1. The zero-order valence-electron chi connectivity index (χ0n) is 12.6. The van der Waals surface area contributed by atoms with Crippen LogP contribution in [0.2, 0.25) is 0 Å². The summed E-state index contributed by atoms with van der Waals surface area (Å²) in [4.78, 5) is 16.7. The van der Waals surface area contributed by atoms with Crippen molar-refractivity contribution in [2.45, 2.75) is 18.8 Å². The molecule has 1 saturated carbocycles. The molecule has 1 aromatic carbocycles. The van der Waals surface area contributed by atoms with E-state index in [1.54, 1.807) is 42.7 Å². The Bertz CT molecular complexity index is 800. The van der Waals surface area contributed by atoms with Crippen molar-refractivity contribution in [3.05, 3.63) is 45.9 Å². The number of rotatable bonds is 5. The molecule has 0 spiro atoms. The molecular formula is C17H15N3O2S. The predicted molar refractivity (Wildman–Crippen MR) is 89.3 cm³/mol. The van der Waals surface area contributed by atoms with Crippen LogP contribution in [0.1, 0.15) is 29.5 Å². The number of hydrogen-bond donors (Lipinski definition) is 1. The third kappa shape index (κ3) is 3.76. The van der Waals surface area contributed by atoms with Crippen molar-refractivity contribution in [3.63, 3.8) is 0 Å². The predicted octanol–water partition coefficient (Wildman–Crippen LogP) is 3.57. The lowest BCUT2D eigenvalue weighted by molar-refractivity contribution is -0.112. The summed E-state index contributed by atoms with van der Waals surface area (Å²) < 4.78 is 5.11. The summed E-state index contributed by atoms with van der Waals surface area (Å²) in [7, 11) is 1.56. The second-order valence-corrected chi connectivity index (χ2v) is 6.13. The molecule has 23 heavy (non-hydrogen) atoms. The van der Waals surface area contributed by atoms with Crippen LogP contribution in [-0.4, -0.2) is 18.0 Å². The first-order valence-electron chi connectivity index (χ1n) is 7.22. The maximum Gasteiger partial charge on any atom is 0.266 e. The molecule has 0 saturated heterocycles. The normalized spacial score (nSPS) is 14.2. The van der Waals surface area contributed by atoms with E-state index in [1.807, 2.05) is 11.4 Å². The van der Waals surface area contributed by atoms with Gasteiger partial charge in [-0.15, -0.1) is 11.3 Å². The molecule has 3 rings (SSSR count). The number of methoxy groups -OCH3 is 1. The van der Waals surface area contributed by atoms with Crippen molar-refractivity contribution in [2.75, 3.05) is 12.4 Å². The average molecular weight is 325 g/mol. The zero-order valence-corrected chi connectivity index (χ0v) is 13.4. The standard InChI is InChI=1S/C17H15N3O2S/c1-22-15-4-2-3-13(8-15)19-16(21)12(9-18)7-14-10-23-17(20-14)11-5-6-11/h2-4,7-8,10-11H,5-6H2,1H3,(H,19,21). The van der Waals surface area contributed by atoms with E-state index < -0.39 is 5.91 Å². The van der Waals surface area contributed by atoms with Crippen LogP contribution in [0.15, 0.2) is 35.2 Å². The summed E-state index contributed by atoms with van der Waals surface area (Å²) in [5.74, 6) is 0.749. The van der Waals surface area contributed by atoms with Gasteiger partial charge in [0.2, 0.25) is 0 Å². The van der Waals surface area contributed by atoms with Gasteiger partial charge in [0.15, 0.2) is 0 Å².